The summed E-state index contributed by atoms with van der Waals surface area (Å²) in [7, 11) is 0. The highest BCUT2D eigenvalue weighted by atomic mass is 16.5. The molecule has 3 unspecified atom stereocenters. The van der Waals surface area contributed by atoms with E-state index in [0.29, 0.717) is 19.3 Å². The molecule has 0 aliphatic heterocycles. The van der Waals surface area contributed by atoms with Gasteiger partial charge in [-0.3, -0.25) is 9.59 Å². The molecule has 0 rings (SSSR count). The lowest BCUT2D eigenvalue weighted by Crippen LogP contribution is -2.46. The first-order valence-corrected chi connectivity index (χ1v) is 27.4. The Morgan fingerprint density at radius 2 is 0.815 bits per heavy atom. The van der Waals surface area contributed by atoms with Crippen molar-refractivity contribution in [1.29, 1.82) is 0 Å². The zero-order valence-corrected chi connectivity index (χ0v) is 42.6. The maximum atomic E-state index is 13.2. The van der Waals surface area contributed by atoms with Gasteiger partial charge in [0.05, 0.1) is 25.2 Å². The highest BCUT2D eigenvalue weighted by Crippen LogP contribution is 2.17. The minimum Gasteiger partial charge on any atom is -0.462 e. The van der Waals surface area contributed by atoms with E-state index >= 15 is 0 Å². The number of aliphatic hydroxyl groups is 2. The van der Waals surface area contributed by atoms with Gasteiger partial charge in [-0.1, -0.05) is 254 Å². The largest absolute Gasteiger partial charge is 0.462 e. The number of nitrogens with one attached hydrogen (secondary N) is 1. The SMILES string of the molecule is CCC/C=C/C=C/C=C/C=C/C=C/CCCCCC(CC(=O)NC(CO)C(O)CCCCCCCCCCCCCCCCC)OC(=O)CCCCCCCC/C=C/C=C/CCCCC. The van der Waals surface area contributed by atoms with Gasteiger partial charge in [-0.05, 0) is 70.6 Å². The third-order valence-electron chi connectivity index (χ3n) is 12.1. The van der Waals surface area contributed by atoms with E-state index in [9.17, 15) is 19.8 Å². The van der Waals surface area contributed by atoms with Crippen LogP contribution in [0.25, 0.3) is 0 Å². The van der Waals surface area contributed by atoms with Gasteiger partial charge in [-0.15, -0.1) is 0 Å². The molecule has 0 fully saturated rings. The van der Waals surface area contributed by atoms with Crippen LogP contribution in [0.3, 0.4) is 0 Å². The monoisotopic (exact) mass is 906 g/mol. The Bertz CT molecular complexity index is 1250. The number of carbonyl (C=O) groups is 2. The van der Waals surface area contributed by atoms with Crippen LogP contribution in [0.15, 0.2) is 85.1 Å². The first-order chi connectivity index (χ1) is 32.0. The first-order valence-electron chi connectivity index (χ1n) is 27.4. The number of hydrogen-bond acceptors (Lipinski definition) is 5. The van der Waals surface area contributed by atoms with Crippen LogP contribution in [-0.4, -0.2) is 46.9 Å². The average molecular weight is 906 g/mol. The molecule has 6 heteroatoms. The molecular weight excluding hydrogens is 803 g/mol. The Balaban J connectivity index is 4.69. The van der Waals surface area contributed by atoms with Gasteiger partial charge in [0, 0.05) is 6.42 Å². The molecule has 0 bridgehead atoms. The topological polar surface area (TPSA) is 95.9 Å². The number of ether oxygens (including phenoxy) is 1. The predicted molar refractivity (Wildman–Crippen MR) is 282 cm³/mol. The van der Waals surface area contributed by atoms with Gasteiger partial charge in [0.2, 0.25) is 5.91 Å². The van der Waals surface area contributed by atoms with Crippen molar-refractivity contribution >= 4 is 11.9 Å². The lowest BCUT2D eigenvalue weighted by atomic mass is 10.0. The Kier molecular flexibility index (Phi) is 49.6. The molecule has 6 nitrogen and oxygen atoms in total. The number of hydrogen-bond donors (Lipinski definition) is 3. The normalized spacial score (nSPS) is 13.9. The lowest BCUT2D eigenvalue weighted by molar-refractivity contribution is -0.151. The maximum absolute atomic E-state index is 13.2. The molecule has 0 aromatic carbocycles. The van der Waals surface area contributed by atoms with E-state index in [1.807, 2.05) is 36.5 Å². The van der Waals surface area contributed by atoms with Crippen molar-refractivity contribution in [3.05, 3.63) is 85.1 Å². The molecule has 0 radical (unpaired) electrons. The Morgan fingerprint density at radius 3 is 1.31 bits per heavy atom. The molecular formula is C59H103NO5. The number of aliphatic hydroxyl groups excluding tert-OH is 2. The van der Waals surface area contributed by atoms with Crippen LogP contribution >= 0.6 is 0 Å². The first kappa shape index (κ1) is 62.0. The molecule has 0 aromatic heterocycles. The summed E-state index contributed by atoms with van der Waals surface area (Å²) in [5.41, 5.74) is 0. The number of esters is 1. The summed E-state index contributed by atoms with van der Waals surface area (Å²) >= 11 is 0. The quantitative estimate of drug-likeness (QED) is 0.0321. The Hall–Kier alpha value is -2.96. The van der Waals surface area contributed by atoms with Crippen LogP contribution in [0.4, 0.5) is 0 Å². The van der Waals surface area contributed by atoms with E-state index in [-0.39, 0.29) is 24.9 Å². The molecule has 0 aliphatic carbocycles. The van der Waals surface area contributed by atoms with E-state index < -0.39 is 18.2 Å². The fourth-order valence-electron chi connectivity index (χ4n) is 7.92. The molecule has 1 amide bonds. The van der Waals surface area contributed by atoms with E-state index in [2.05, 4.69) is 74.7 Å². The van der Waals surface area contributed by atoms with Crippen LogP contribution in [0.5, 0.6) is 0 Å². The Labute approximate surface area is 402 Å². The summed E-state index contributed by atoms with van der Waals surface area (Å²) in [6.45, 7) is 6.36. The fraction of sp³-hybridized carbons (Fsp3) is 0.729. The molecule has 0 aliphatic rings. The molecule has 0 spiro atoms. The van der Waals surface area contributed by atoms with E-state index in [4.69, 9.17) is 4.74 Å². The molecule has 0 saturated heterocycles. The summed E-state index contributed by atoms with van der Waals surface area (Å²) in [6.07, 6.45) is 67.8. The summed E-state index contributed by atoms with van der Waals surface area (Å²) in [5.74, 6) is -0.530. The molecule has 0 saturated carbocycles. The zero-order valence-electron chi connectivity index (χ0n) is 42.6. The number of carbonyl (C=O) groups excluding carboxylic acids is 2. The van der Waals surface area contributed by atoms with E-state index in [1.54, 1.807) is 0 Å². The second-order valence-corrected chi connectivity index (χ2v) is 18.4. The van der Waals surface area contributed by atoms with Crippen LogP contribution in [-0.2, 0) is 14.3 Å². The number of rotatable bonds is 48. The van der Waals surface area contributed by atoms with Gasteiger partial charge in [0.25, 0.3) is 0 Å². The number of allylic oxidation sites excluding steroid dienone is 14. The standard InChI is InChI=1S/C59H103NO5/c1-4-7-10-13-16-19-22-25-28-31-32-35-38-41-44-47-50-55(65-59(64)52-49-46-43-40-37-34-30-27-24-21-18-15-12-9-6-3)53-58(63)60-56(54-61)57(62)51-48-45-42-39-36-33-29-26-23-20-17-14-11-8-5-2/h10,13,16,18-19,21-22,24-25,27-28,31-32,35,55-57,61-62H,4-9,11-12,14-15,17,20,23,26,29-30,33-34,36-54H2,1-3H3,(H,60,63)/b13-10+,19-16+,21-18+,25-22+,27-24+,31-28+,35-32+. The lowest BCUT2D eigenvalue weighted by Gasteiger charge is -2.24. The van der Waals surface area contributed by atoms with Crippen molar-refractivity contribution in [3.63, 3.8) is 0 Å². The molecule has 0 heterocycles. The van der Waals surface area contributed by atoms with Crippen molar-refractivity contribution < 1.29 is 24.5 Å². The van der Waals surface area contributed by atoms with Crippen LogP contribution < -0.4 is 5.32 Å². The average Bonchev–Trinajstić information content (AvgIpc) is 3.30. The van der Waals surface area contributed by atoms with Gasteiger partial charge in [-0.2, -0.15) is 0 Å². The number of amides is 1. The van der Waals surface area contributed by atoms with Gasteiger partial charge < -0.3 is 20.3 Å². The van der Waals surface area contributed by atoms with Crippen molar-refractivity contribution in [2.24, 2.45) is 0 Å². The highest BCUT2D eigenvalue weighted by Gasteiger charge is 2.24. The third kappa shape index (κ3) is 47.3. The Morgan fingerprint density at radius 1 is 0.446 bits per heavy atom. The smallest absolute Gasteiger partial charge is 0.306 e. The summed E-state index contributed by atoms with van der Waals surface area (Å²) < 4.78 is 5.92. The maximum Gasteiger partial charge on any atom is 0.306 e. The summed E-state index contributed by atoms with van der Waals surface area (Å²) in [4.78, 5) is 26.2. The van der Waals surface area contributed by atoms with Crippen LogP contribution in [0, 0.1) is 0 Å². The van der Waals surface area contributed by atoms with Crippen LogP contribution in [0.2, 0.25) is 0 Å². The predicted octanol–water partition coefficient (Wildman–Crippen LogP) is 16.7. The molecule has 374 valence electrons. The van der Waals surface area contributed by atoms with Crippen molar-refractivity contribution in [3.8, 4) is 0 Å². The van der Waals surface area contributed by atoms with Crippen molar-refractivity contribution in [1.82, 2.24) is 5.32 Å². The van der Waals surface area contributed by atoms with Gasteiger partial charge in [-0.25, -0.2) is 0 Å². The van der Waals surface area contributed by atoms with E-state index in [1.165, 1.54) is 128 Å². The van der Waals surface area contributed by atoms with Gasteiger partial charge in [0.1, 0.15) is 6.10 Å². The minimum atomic E-state index is -0.806. The van der Waals surface area contributed by atoms with E-state index in [0.717, 1.165) is 77.0 Å². The number of unbranched alkanes of at least 4 members (excludes halogenated alkanes) is 27. The van der Waals surface area contributed by atoms with Crippen LogP contribution in [0.1, 0.15) is 252 Å². The molecule has 65 heavy (non-hydrogen) atoms. The van der Waals surface area contributed by atoms with Crippen molar-refractivity contribution in [2.75, 3.05) is 6.61 Å². The molecule has 3 N–H and O–H groups in total. The molecule has 3 atom stereocenters. The fourth-order valence-corrected chi connectivity index (χ4v) is 7.92. The summed E-state index contributed by atoms with van der Waals surface area (Å²) in [6, 6.07) is -0.723. The van der Waals surface area contributed by atoms with Crippen molar-refractivity contribution in [2.45, 2.75) is 270 Å². The van der Waals surface area contributed by atoms with Gasteiger partial charge in [0.15, 0.2) is 0 Å². The summed E-state index contributed by atoms with van der Waals surface area (Å²) in [5, 5.41) is 23.8. The minimum absolute atomic E-state index is 0.0411. The third-order valence-corrected chi connectivity index (χ3v) is 12.1. The van der Waals surface area contributed by atoms with Gasteiger partial charge >= 0.3 is 5.97 Å². The zero-order chi connectivity index (χ0) is 47.4. The molecule has 0 aromatic rings. The second-order valence-electron chi connectivity index (χ2n) is 18.4. The highest BCUT2D eigenvalue weighted by molar-refractivity contribution is 5.77. The second kappa shape index (κ2) is 52.0.